The molecule has 0 aliphatic heterocycles. The van der Waals surface area contributed by atoms with E-state index >= 15 is 0 Å². The number of hydrogen-bond donors (Lipinski definition) is 3. The Morgan fingerprint density at radius 2 is 2.18 bits per heavy atom. The minimum Gasteiger partial charge on any atom is -0.395 e. The predicted octanol–water partition coefficient (Wildman–Crippen LogP) is 1.40. The number of H-pyrrole nitrogens is 1. The van der Waals surface area contributed by atoms with Crippen LogP contribution in [0.15, 0.2) is 0 Å². The molecule has 1 atom stereocenters. The zero-order chi connectivity index (χ0) is 12.0. The minimum atomic E-state index is -0.148. The van der Waals surface area contributed by atoms with E-state index in [9.17, 15) is 4.79 Å². The second-order valence-electron chi connectivity index (χ2n) is 5.27. The molecule has 4 N–H and O–H groups in total. The van der Waals surface area contributed by atoms with Gasteiger partial charge in [0.05, 0.1) is 11.4 Å². The second-order valence-corrected chi connectivity index (χ2v) is 5.27. The van der Waals surface area contributed by atoms with Crippen molar-refractivity contribution in [3.05, 3.63) is 11.4 Å². The average molecular weight is 234 g/mol. The van der Waals surface area contributed by atoms with E-state index in [1.165, 1.54) is 12.8 Å². The number of nitrogens with two attached hydrogens (primary N) is 1. The lowest BCUT2D eigenvalue weighted by Crippen LogP contribution is -2.34. The van der Waals surface area contributed by atoms with Crippen molar-refractivity contribution >= 4 is 11.6 Å². The Morgan fingerprint density at radius 3 is 2.76 bits per heavy atom. The van der Waals surface area contributed by atoms with Gasteiger partial charge in [-0.25, -0.2) is 0 Å². The first-order valence-electron chi connectivity index (χ1n) is 6.31. The lowest BCUT2D eigenvalue weighted by molar-refractivity contribution is 0.0931. The van der Waals surface area contributed by atoms with E-state index in [1.807, 2.05) is 6.92 Å². The number of anilines is 1. The number of nitrogens with zero attached hydrogens (tertiary/aromatic N) is 1. The summed E-state index contributed by atoms with van der Waals surface area (Å²) in [5, 5.41) is 9.92. The van der Waals surface area contributed by atoms with Gasteiger partial charge in [0.25, 0.3) is 5.91 Å². The van der Waals surface area contributed by atoms with Gasteiger partial charge in [0.15, 0.2) is 5.69 Å². The Balaban J connectivity index is 1.71. The molecule has 2 fully saturated rings. The number of carbonyl (C=O) groups excluding carboxylic acids is 1. The summed E-state index contributed by atoms with van der Waals surface area (Å²) >= 11 is 0. The molecule has 1 amide bonds. The van der Waals surface area contributed by atoms with E-state index in [4.69, 9.17) is 5.73 Å². The van der Waals surface area contributed by atoms with Gasteiger partial charge < -0.3 is 11.1 Å². The molecule has 2 aliphatic rings. The normalized spacial score (nSPS) is 21.2. The van der Waals surface area contributed by atoms with E-state index in [0.717, 1.165) is 18.5 Å². The van der Waals surface area contributed by atoms with Gasteiger partial charge in [-0.3, -0.25) is 9.89 Å². The number of aromatic amines is 1. The number of aromatic nitrogens is 2. The molecule has 1 aromatic rings. The number of amides is 1. The highest BCUT2D eigenvalue weighted by Crippen LogP contribution is 2.42. The summed E-state index contributed by atoms with van der Waals surface area (Å²) < 4.78 is 0. The first kappa shape index (κ1) is 10.6. The summed E-state index contributed by atoms with van der Waals surface area (Å²) in [6, 6.07) is 0.225. The molecule has 17 heavy (non-hydrogen) atoms. The Hall–Kier alpha value is -1.52. The Bertz CT molecular complexity index is 445. The molecule has 0 radical (unpaired) electrons. The van der Waals surface area contributed by atoms with E-state index < -0.39 is 0 Å². The van der Waals surface area contributed by atoms with Crippen LogP contribution in [0.25, 0.3) is 0 Å². The molecule has 2 saturated carbocycles. The predicted molar refractivity (Wildman–Crippen MR) is 64.6 cm³/mol. The third kappa shape index (κ3) is 2.01. The Kier molecular flexibility index (Phi) is 2.34. The van der Waals surface area contributed by atoms with Crippen LogP contribution in [0.3, 0.4) is 0 Å². The van der Waals surface area contributed by atoms with Crippen molar-refractivity contribution in [2.45, 2.75) is 44.6 Å². The van der Waals surface area contributed by atoms with Crippen LogP contribution in [0, 0.1) is 5.92 Å². The summed E-state index contributed by atoms with van der Waals surface area (Å²) in [5.74, 6) is 0.983. The first-order valence-corrected chi connectivity index (χ1v) is 6.31. The number of nitrogen functional groups attached to an aromatic ring is 1. The van der Waals surface area contributed by atoms with Gasteiger partial charge in [0.2, 0.25) is 0 Å². The zero-order valence-corrected chi connectivity index (χ0v) is 9.99. The number of rotatable bonds is 4. The smallest absolute Gasteiger partial charge is 0.274 e. The van der Waals surface area contributed by atoms with Crippen molar-refractivity contribution in [3.8, 4) is 0 Å². The van der Waals surface area contributed by atoms with Crippen molar-refractivity contribution < 1.29 is 4.79 Å². The van der Waals surface area contributed by atoms with Crippen LogP contribution < -0.4 is 11.1 Å². The molecule has 5 nitrogen and oxygen atoms in total. The monoisotopic (exact) mass is 234 g/mol. The molecule has 1 aromatic heterocycles. The van der Waals surface area contributed by atoms with Gasteiger partial charge in [0, 0.05) is 12.0 Å². The van der Waals surface area contributed by atoms with Gasteiger partial charge >= 0.3 is 0 Å². The Morgan fingerprint density at radius 1 is 1.47 bits per heavy atom. The quantitative estimate of drug-likeness (QED) is 0.736. The van der Waals surface area contributed by atoms with Crippen molar-refractivity contribution in [1.82, 2.24) is 15.5 Å². The number of hydrogen-bond acceptors (Lipinski definition) is 3. The maximum atomic E-state index is 12.0. The largest absolute Gasteiger partial charge is 0.395 e. The highest BCUT2D eigenvalue weighted by molar-refractivity contribution is 5.97. The van der Waals surface area contributed by atoms with Crippen molar-refractivity contribution in [2.24, 2.45) is 5.92 Å². The molecule has 3 rings (SSSR count). The molecule has 0 spiro atoms. The van der Waals surface area contributed by atoms with Crippen molar-refractivity contribution in [1.29, 1.82) is 0 Å². The van der Waals surface area contributed by atoms with Gasteiger partial charge in [-0.2, -0.15) is 5.10 Å². The van der Waals surface area contributed by atoms with Crippen LogP contribution in [0.4, 0.5) is 5.69 Å². The molecule has 1 unspecified atom stereocenters. The van der Waals surface area contributed by atoms with Crippen LogP contribution in [-0.4, -0.2) is 22.1 Å². The van der Waals surface area contributed by atoms with Gasteiger partial charge in [0.1, 0.15) is 0 Å². The van der Waals surface area contributed by atoms with Gasteiger partial charge in [-0.15, -0.1) is 0 Å². The summed E-state index contributed by atoms with van der Waals surface area (Å²) in [6.45, 7) is 2.04. The topological polar surface area (TPSA) is 83.8 Å². The summed E-state index contributed by atoms with van der Waals surface area (Å²) in [6.07, 6.45) is 4.72. The summed E-state index contributed by atoms with van der Waals surface area (Å²) in [4.78, 5) is 12.0. The van der Waals surface area contributed by atoms with Crippen LogP contribution in [0.5, 0.6) is 0 Å². The third-order valence-electron chi connectivity index (χ3n) is 3.72. The molecular formula is C12H18N4O. The molecule has 0 saturated heterocycles. The zero-order valence-electron chi connectivity index (χ0n) is 9.99. The highest BCUT2D eigenvalue weighted by Gasteiger charge is 2.32. The fraction of sp³-hybridized carbons (Fsp3) is 0.667. The molecule has 5 heteroatoms. The molecule has 92 valence electrons. The average Bonchev–Trinajstić information content (AvgIpc) is 3.16. The van der Waals surface area contributed by atoms with Crippen LogP contribution in [-0.2, 0) is 0 Å². The number of nitrogens with one attached hydrogen (secondary N) is 2. The SMILES string of the molecule is CC(NC(=O)c1n[nH]c(C2CC2)c1N)C1CC1. The second kappa shape index (κ2) is 3.75. The van der Waals surface area contributed by atoms with Crippen molar-refractivity contribution in [3.63, 3.8) is 0 Å². The fourth-order valence-corrected chi connectivity index (χ4v) is 2.21. The van der Waals surface area contributed by atoms with Crippen LogP contribution in [0.1, 0.15) is 54.7 Å². The maximum Gasteiger partial charge on any atom is 0.274 e. The lowest BCUT2D eigenvalue weighted by atomic mass is 10.2. The third-order valence-corrected chi connectivity index (χ3v) is 3.72. The van der Waals surface area contributed by atoms with E-state index in [1.54, 1.807) is 0 Å². The minimum absolute atomic E-state index is 0.148. The maximum absolute atomic E-state index is 12.0. The van der Waals surface area contributed by atoms with Crippen molar-refractivity contribution in [2.75, 3.05) is 5.73 Å². The van der Waals surface area contributed by atoms with Crippen LogP contribution >= 0.6 is 0 Å². The summed E-state index contributed by atoms with van der Waals surface area (Å²) in [5.41, 5.74) is 7.79. The molecule has 0 aromatic carbocycles. The molecule has 1 heterocycles. The fourth-order valence-electron chi connectivity index (χ4n) is 2.21. The standard InChI is InChI=1S/C12H18N4O/c1-6(7-2-3-7)14-12(17)11-9(13)10(15-16-11)8-4-5-8/h6-8H,2-5,13H2,1H3,(H,14,17)(H,15,16). The van der Waals surface area contributed by atoms with Gasteiger partial charge in [-0.05, 0) is 38.5 Å². The molecular weight excluding hydrogens is 216 g/mol. The summed E-state index contributed by atoms with van der Waals surface area (Å²) in [7, 11) is 0. The van der Waals surface area contributed by atoms with Crippen LogP contribution in [0.2, 0.25) is 0 Å². The lowest BCUT2D eigenvalue weighted by Gasteiger charge is -2.11. The number of carbonyl (C=O) groups is 1. The highest BCUT2D eigenvalue weighted by atomic mass is 16.2. The van der Waals surface area contributed by atoms with Gasteiger partial charge in [-0.1, -0.05) is 0 Å². The van der Waals surface area contributed by atoms with E-state index in [-0.39, 0.29) is 11.9 Å². The molecule has 0 bridgehead atoms. The van der Waals surface area contributed by atoms with E-state index in [2.05, 4.69) is 15.5 Å². The molecule has 2 aliphatic carbocycles. The Labute approximate surface area is 100 Å². The van der Waals surface area contributed by atoms with E-state index in [0.29, 0.717) is 23.2 Å². The first-order chi connectivity index (χ1) is 8.16.